The molecule has 1 saturated carbocycles. The maximum atomic E-state index is 16.8. The lowest BCUT2D eigenvalue weighted by molar-refractivity contribution is -0.154. The zero-order valence-electron chi connectivity index (χ0n) is 25.4. The van der Waals surface area contributed by atoms with E-state index in [-0.39, 0.29) is 29.2 Å². The van der Waals surface area contributed by atoms with E-state index in [1.807, 2.05) is 6.07 Å². The van der Waals surface area contributed by atoms with E-state index >= 15 is 4.39 Å². The lowest BCUT2D eigenvalue weighted by Gasteiger charge is -2.56. The van der Waals surface area contributed by atoms with Crippen molar-refractivity contribution in [3.63, 3.8) is 0 Å². The molecule has 4 aromatic rings. The molecule has 2 atom stereocenters. The molecule has 12 heteroatoms. The molecule has 46 heavy (non-hydrogen) atoms. The second-order valence-electron chi connectivity index (χ2n) is 14.2. The molecule has 6 aliphatic heterocycles. The highest BCUT2D eigenvalue weighted by molar-refractivity contribution is 6.31. The molecule has 11 rings (SSSR count). The summed E-state index contributed by atoms with van der Waals surface area (Å²) in [6.07, 6.45) is 8.44. The zero-order valence-corrected chi connectivity index (χ0v) is 26.2. The Hall–Kier alpha value is -3.41. The van der Waals surface area contributed by atoms with Gasteiger partial charge < -0.3 is 19.2 Å². The third-order valence-corrected chi connectivity index (χ3v) is 11.5. The van der Waals surface area contributed by atoms with E-state index in [1.165, 1.54) is 0 Å². The van der Waals surface area contributed by atoms with E-state index in [1.54, 1.807) is 24.5 Å². The smallest absolute Gasteiger partial charge is 0.319 e. The van der Waals surface area contributed by atoms with Crippen molar-refractivity contribution in [1.29, 1.82) is 0 Å². The van der Waals surface area contributed by atoms with Crippen LogP contribution in [0.5, 0.6) is 6.01 Å². The standard InChI is InChI=1S/C34H35ClF2N6O3/c35-25-5-1-4-23-22(25)7-6-21-13-39-30(46-21)34(44)16-32(17-34)8-2-10-42(18-32)29-24-14-38-27(23)26(37)28(24)40-31(41-29)45-19-33-9-3-11-43(33)15-20(36)12-33/h1,4-5,13-14,20,44H,2-3,6-12,15-19H2/t20-,32?,33+,34?/m1/s1. The zero-order chi connectivity index (χ0) is 31.3. The number of benzene rings is 1. The Morgan fingerprint density at radius 1 is 1.09 bits per heavy atom. The van der Waals surface area contributed by atoms with Gasteiger partial charge >= 0.3 is 6.01 Å². The second-order valence-corrected chi connectivity index (χ2v) is 14.6. The average molecular weight is 649 g/mol. The van der Waals surface area contributed by atoms with Crippen molar-refractivity contribution in [3.8, 4) is 17.3 Å². The van der Waals surface area contributed by atoms with Crippen molar-refractivity contribution >= 4 is 28.3 Å². The Morgan fingerprint density at radius 2 is 1.96 bits per heavy atom. The molecule has 4 fully saturated rings. The number of piperidine rings is 1. The summed E-state index contributed by atoms with van der Waals surface area (Å²) in [6, 6.07) is 5.44. The third-order valence-electron chi connectivity index (χ3n) is 11.1. The summed E-state index contributed by atoms with van der Waals surface area (Å²) < 4.78 is 43.7. The molecule has 0 amide bonds. The normalized spacial score (nSPS) is 30.3. The van der Waals surface area contributed by atoms with Gasteiger partial charge in [0.1, 0.15) is 41.2 Å². The van der Waals surface area contributed by atoms with Gasteiger partial charge in [0.15, 0.2) is 5.82 Å². The number of aliphatic hydroxyl groups is 1. The number of nitrogens with zero attached hydrogens (tertiary/aromatic N) is 6. The SMILES string of the molecule is OC12CC3(CCCN(C3)c3nc(OC[C@@]45CCCN4C[C@H](F)C5)nc4c(F)c(ncc34)-c3cccc(Cl)c3CCc3cnc1o3)C2. The van der Waals surface area contributed by atoms with Crippen LogP contribution in [0.15, 0.2) is 35.0 Å². The molecule has 0 radical (unpaired) electrons. The molecular weight excluding hydrogens is 614 g/mol. The number of anilines is 1. The highest BCUT2D eigenvalue weighted by Crippen LogP contribution is 2.58. The minimum Gasteiger partial charge on any atom is -0.461 e. The van der Waals surface area contributed by atoms with Crippen LogP contribution >= 0.6 is 11.6 Å². The predicted octanol–water partition coefficient (Wildman–Crippen LogP) is 5.79. The maximum Gasteiger partial charge on any atom is 0.319 e. The van der Waals surface area contributed by atoms with Crippen LogP contribution < -0.4 is 9.64 Å². The fourth-order valence-electron chi connectivity index (χ4n) is 9.10. The first-order chi connectivity index (χ1) is 22.2. The highest BCUT2D eigenvalue weighted by Gasteiger charge is 2.58. The van der Waals surface area contributed by atoms with Crippen molar-refractivity contribution in [2.75, 3.05) is 37.7 Å². The van der Waals surface area contributed by atoms with E-state index < -0.39 is 23.1 Å². The Balaban J connectivity index is 1.18. The molecular formula is C34H35ClF2N6O3. The van der Waals surface area contributed by atoms with Gasteiger partial charge in [-0.15, -0.1) is 0 Å². The monoisotopic (exact) mass is 648 g/mol. The first kappa shape index (κ1) is 28.8. The topological polar surface area (TPSA) is 101 Å². The van der Waals surface area contributed by atoms with Crippen LogP contribution in [0.2, 0.25) is 5.02 Å². The van der Waals surface area contributed by atoms with Crippen LogP contribution in [0.1, 0.15) is 62.2 Å². The largest absolute Gasteiger partial charge is 0.461 e. The number of hydrogen-bond acceptors (Lipinski definition) is 9. The molecule has 9 nitrogen and oxygen atoms in total. The van der Waals surface area contributed by atoms with Gasteiger partial charge in [-0.3, -0.25) is 9.88 Å². The van der Waals surface area contributed by atoms with Crippen molar-refractivity contribution < 1.29 is 23.0 Å². The van der Waals surface area contributed by atoms with Crippen LogP contribution in [0, 0.1) is 11.2 Å². The predicted molar refractivity (Wildman–Crippen MR) is 167 cm³/mol. The maximum absolute atomic E-state index is 16.8. The summed E-state index contributed by atoms with van der Waals surface area (Å²) in [4.78, 5) is 23.0. The summed E-state index contributed by atoms with van der Waals surface area (Å²) in [6.45, 7) is 2.83. The van der Waals surface area contributed by atoms with Crippen LogP contribution in [0.4, 0.5) is 14.6 Å². The Labute approximate surface area is 270 Å². The number of rotatable bonds is 3. The number of fused-ring (bicyclic) bond motifs is 1. The summed E-state index contributed by atoms with van der Waals surface area (Å²) in [5.74, 6) is 0.958. The molecule has 1 spiro atoms. The van der Waals surface area contributed by atoms with Gasteiger partial charge in [-0.1, -0.05) is 23.7 Å². The molecule has 9 heterocycles. The quantitative estimate of drug-likeness (QED) is 0.296. The molecule has 240 valence electrons. The number of hydrogen-bond donors (Lipinski definition) is 1. The van der Waals surface area contributed by atoms with E-state index in [9.17, 15) is 9.50 Å². The number of alkyl halides is 1. The van der Waals surface area contributed by atoms with E-state index in [2.05, 4.69) is 24.8 Å². The molecule has 1 aromatic carbocycles. The molecule has 0 unspecified atom stereocenters. The molecule has 1 aliphatic carbocycles. The lowest BCUT2D eigenvalue weighted by Crippen LogP contribution is -2.57. The Bertz CT molecular complexity index is 1860. The van der Waals surface area contributed by atoms with E-state index in [0.29, 0.717) is 85.2 Å². The fraction of sp³-hybridized carbons (Fsp3) is 0.529. The summed E-state index contributed by atoms with van der Waals surface area (Å²) in [5.41, 5.74) is -0.147. The number of halogens is 3. The number of aryl methyl sites for hydroxylation is 1. The molecule has 7 aliphatic rings. The second kappa shape index (κ2) is 10.3. The van der Waals surface area contributed by atoms with Gasteiger partial charge in [-0.25, -0.2) is 13.8 Å². The van der Waals surface area contributed by atoms with Crippen molar-refractivity contribution in [1.82, 2.24) is 24.8 Å². The summed E-state index contributed by atoms with van der Waals surface area (Å²) in [5, 5.41) is 12.6. The van der Waals surface area contributed by atoms with Crippen LogP contribution in [-0.4, -0.2) is 74.4 Å². The van der Waals surface area contributed by atoms with E-state index in [4.69, 9.17) is 25.7 Å². The average Bonchev–Trinajstić information content (AvgIpc) is 3.73. The Kier molecular flexibility index (Phi) is 6.44. The lowest BCUT2D eigenvalue weighted by atomic mass is 9.56. The summed E-state index contributed by atoms with van der Waals surface area (Å²) >= 11 is 6.70. The van der Waals surface area contributed by atoms with Crippen molar-refractivity contribution in [2.45, 2.75) is 75.1 Å². The first-order valence-corrected chi connectivity index (χ1v) is 16.7. The van der Waals surface area contributed by atoms with E-state index in [0.717, 1.165) is 37.8 Å². The number of oxazole rings is 1. The van der Waals surface area contributed by atoms with Crippen LogP contribution in [0.25, 0.3) is 22.2 Å². The minimum atomic E-state index is -1.14. The van der Waals surface area contributed by atoms with Crippen molar-refractivity contribution in [2.24, 2.45) is 5.41 Å². The fourth-order valence-corrected chi connectivity index (χ4v) is 9.37. The molecule has 1 N–H and O–H groups in total. The number of ether oxygens (including phenoxy) is 1. The highest BCUT2D eigenvalue weighted by atomic mass is 35.5. The van der Waals surface area contributed by atoms with Gasteiger partial charge in [0.25, 0.3) is 0 Å². The molecule has 3 aromatic heterocycles. The van der Waals surface area contributed by atoms with Gasteiger partial charge in [0, 0.05) is 49.3 Å². The number of aromatic nitrogens is 4. The van der Waals surface area contributed by atoms with Crippen LogP contribution in [-0.2, 0) is 18.4 Å². The van der Waals surface area contributed by atoms with Crippen molar-refractivity contribution in [3.05, 3.63) is 58.6 Å². The first-order valence-electron chi connectivity index (χ1n) is 16.3. The minimum absolute atomic E-state index is 0.0723. The number of pyridine rings is 1. The van der Waals surface area contributed by atoms with Crippen LogP contribution in [0.3, 0.4) is 0 Å². The Morgan fingerprint density at radius 3 is 2.85 bits per heavy atom. The van der Waals surface area contributed by atoms with Gasteiger partial charge in [-0.05, 0) is 68.5 Å². The summed E-state index contributed by atoms with van der Waals surface area (Å²) in [7, 11) is 0. The third kappa shape index (κ3) is 4.45. The molecule has 3 saturated heterocycles. The molecule has 9 bridgehead atoms. The van der Waals surface area contributed by atoms with Gasteiger partial charge in [-0.2, -0.15) is 9.97 Å². The van der Waals surface area contributed by atoms with Gasteiger partial charge in [0.05, 0.1) is 17.1 Å². The van der Waals surface area contributed by atoms with Gasteiger partial charge in [0.2, 0.25) is 5.89 Å².